The number of benzene rings is 2. The molecule has 0 spiro atoms. The van der Waals surface area contributed by atoms with Crippen LogP contribution in [0.4, 0.5) is 13.6 Å². The molecule has 0 aliphatic carbocycles. The average molecular weight is 373 g/mol. The maximum Gasteiger partial charge on any atom is 0.314 e. The molecule has 0 unspecified atom stereocenters. The molecule has 3 rings (SSSR count). The number of halogens is 2. The van der Waals surface area contributed by atoms with Gasteiger partial charge in [0, 0.05) is 32.1 Å². The number of primary amides is 1. The largest absolute Gasteiger partial charge is 0.351 e. The molecular weight excluding hydrogens is 348 g/mol. The second kappa shape index (κ2) is 8.95. The highest BCUT2D eigenvalue weighted by molar-refractivity contribution is 5.72. The van der Waals surface area contributed by atoms with E-state index in [2.05, 4.69) is 4.90 Å². The maximum atomic E-state index is 13.3. The molecule has 0 bridgehead atoms. The van der Waals surface area contributed by atoms with Crippen LogP contribution >= 0.6 is 0 Å². The predicted octanol–water partition coefficient (Wildman–Crippen LogP) is 3.57. The summed E-state index contributed by atoms with van der Waals surface area (Å²) < 4.78 is 26.6. The zero-order chi connectivity index (χ0) is 19.2. The Morgan fingerprint density at radius 2 is 1.37 bits per heavy atom. The van der Waals surface area contributed by atoms with E-state index in [0.29, 0.717) is 13.1 Å². The number of piperazine rings is 1. The van der Waals surface area contributed by atoms with Gasteiger partial charge in [0.2, 0.25) is 0 Å². The second-order valence-electron chi connectivity index (χ2n) is 6.96. The fourth-order valence-corrected chi connectivity index (χ4v) is 3.63. The van der Waals surface area contributed by atoms with Crippen LogP contribution in [-0.4, -0.2) is 48.6 Å². The van der Waals surface area contributed by atoms with E-state index in [1.165, 1.54) is 24.3 Å². The van der Waals surface area contributed by atoms with E-state index >= 15 is 0 Å². The number of urea groups is 1. The Balaban J connectivity index is 1.61. The van der Waals surface area contributed by atoms with E-state index in [4.69, 9.17) is 5.73 Å². The summed E-state index contributed by atoms with van der Waals surface area (Å²) in [5, 5.41) is 0. The first-order valence-electron chi connectivity index (χ1n) is 9.30. The third-order valence-electron chi connectivity index (χ3n) is 5.20. The summed E-state index contributed by atoms with van der Waals surface area (Å²) in [7, 11) is 0. The highest BCUT2D eigenvalue weighted by atomic mass is 19.1. The standard InChI is InChI=1S/C21H25F2N3O/c22-18-7-3-16(4-8-18)20(17-5-9-19(23)10-6-17)2-1-11-25-12-14-26(15-13-25)21(24)27/h3-10,20H,1-2,11-15H2,(H2,24,27). The SMILES string of the molecule is NC(=O)N1CCN(CCCC(c2ccc(F)cc2)c2ccc(F)cc2)CC1. The lowest BCUT2D eigenvalue weighted by Gasteiger charge is -2.34. The van der Waals surface area contributed by atoms with Gasteiger partial charge in [-0.05, 0) is 54.8 Å². The number of hydrogen-bond acceptors (Lipinski definition) is 2. The van der Waals surface area contributed by atoms with E-state index in [9.17, 15) is 13.6 Å². The van der Waals surface area contributed by atoms with Crippen LogP contribution in [0, 0.1) is 11.6 Å². The van der Waals surface area contributed by atoms with Crippen molar-refractivity contribution >= 4 is 6.03 Å². The Bertz CT molecular complexity index is 696. The number of nitrogens with two attached hydrogens (primary N) is 1. The van der Waals surface area contributed by atoms with Gasteiger partial charge in [-0.3, -0.25) is 4.90 Å². The monoisotopic (exact) mass is 373 g/mol. The molecule has 1 aliphatic heterocycles. The van der Waals surface area contributed by atoms with Gasteiger partial charge in [-0.1, -0.05) is 24.3 Å². The third-order valence-corrected chi connectivity index (χ3v) is 5.20. The highest BCUT2D eigenvalue weighted by Gasteiger charge is 2.20. The minimum Gasteiger partial charge on any atom is -0.351 e. The summed E-state index contributed by atoms with van der Waals surface area (Å²) in [5.74, 6) is -0.425. The van der Waals surface area contributed by atoms with Crippen molar-refractivity contribution in [3.63, 3.8) is 0 Å². The van der Waals surface area contributed by atoms with Crippen molar-refractivity contribution in [2.45, 2.75) is 18.8 Å². The molecule has 2 N–H and O–H groups in total. The van der Waals surface area contributed by atoms with Crippen LogP contribution in [-0.2, 0) is 0 Å². The number of nitrogens with zero attached hydrogens (tertiary/aromatic N) is 2. The van der Waals surface area contributed by atoms with Crippen molar-refractivity contribution in [1.82, 2.24) is 9.80 Å². The fourth-order valence-electron chi connectivity index (χ4n) is 3.63. The smallest absolute Gasteiger partial charge is 0.314 e. The predicted molar refractivity (Wildman–Crippen MR) is 101 cm³/mol. The molecule has 2 aromatic carbocycles. The van der Waals surface area contributed by atoms with Crippen molar-refractivity contribution < 1.29 is 13.6 Å². The summed E-state index contributed by atoms with van der Waals surface area (Å²) in [5.41, 5.74) is 7.38. The van der Waals surface area contributed by atoms with Gasteiger partial charge >= 0.3 is 6.03 Å². The van der Waals surface area contributed by atoms with E-state index in [1.807, 2.05) is 0 Å². The molecule has 2 aromatic rings. The first-order valence-corrected chi connectivity index (χ1v) is 9.30. The summed E-state index contributed by atoms with van der Waals surface area (Å²) >= 11 is 0. The summed E-state index contributed by atoms with van der Waals surface area (Å²) in [4.78, 5) is 15.2. The quantitative estimate of drug-likeness (QED) is 0.842. The zero-order valence-electron chi connectivity index (χ0n) is 15.3. The number of amides is 2. The fraction of sp³-hybridized carbons (Fsp3) is 0.381. The van der Waals surface area contributed by atoms with Crippen molar-refractivity contribution in [2.24, 2.45) is 5.73 Å². The molecule has 4 nitrogen and oxygen atoms in total. The minimum atomic E-state index is -0.359. The Kier molecular flexibility index (Phi) is 6.40. The molecule has 0 aromatic heterocycles. The minimum absolute atomic E-state index is 0.0955. The molecule has 2 amide bonds. The highest BCUT2D eigenvalue weighted by Crippen LogP contribution is 2.29. The van der Waals surface area contributed by atoms with Gasteiger partial charge in [0.15, 0.2) is 0 Å². The van der Waals surface area contributed by atoms with Gasteiger partial charge < -0.3 is 10.6 Å². The first kappa shape index (κ1) is 19.3. The van der Waals surface area contributed by atoms with Gasteiger partial charge in [-0.2, -0.15) is 0 Å². The van der Waals surface area contributed by atoms with Crippen LogP contribution < -0.4 is 5.73 Å². The molecule has 1 heterocycles. The topological polar surface area (TPSA) is 49.6 Å². The maximum absolute atomic E-state index is 13.3. The zero-order valence-corrected chi connectivity index (χ0v) is 15.3. The van der Waals surface area contributed by atoms with Crippen LogP contribution in [0.3, 0.4) is 0 Å². The van der Waals surface area contributed by atoms with Crippen molar-refractivity contribution in [1.29, 1.82) is 0 Å². The van der Waals surface area contributed by atoms with Crippen molar-refractivity contribution in [3.8, 4) is 0 Å². The van der Waals surface area contributed by atoms with E-state index in [1.54, 1.807) is 29.2 Å². The van der Waals surface area contributed by atoms with Crippen LogP contribution in [0.2, 0.25) is 0 Å². The molecule has 1 fully saturated rings. The molecule has 1 saturated heterocycles. The van der Waals surface area contributed by atoms with E-state index in [0.717, 1.165) is 43.6 Å². The normalized spacial score (nSPS) is 15.3. The lowest BCUT2D eigenvalue weighted by Crippen LogP contribution is -2.50. The second-order valence-corrected chi connectivity index (χ2v) is 6.96. The Morgan fingerprint density at radius 3 is 1.81 bits per heavy atom. The lowest BCUT2D eigenvalue weighted by molar-refractivity contribution is 0.143. The number of rotatable bonds is 6. The van der Waals surface area contributed by atoms with E-state index in [-0.39, 0.29) is 23.6 Å². The van der Waals surface area contributed by atoms with Crippen molar-refractivity contribution in [2.75, 3.05) is 32.7 Å². The van der Waals surface area contributed by atoms with Crippen LogP contribution in [0.5, 0.6) is 0 Å². The molecule has 6 heteroatoms. The Labute approximate surface area is 158 Å². The number of hydrogen-bond donors (Lipinski definition) is 1. The summed E-state index contributed by atoms with van der Waals surface area (Å²) in [6.07, 6.45) is 1.84. The molecule has 0 saturated carbocycles. The Hall–Kier alpha value is -2.47. The molecule has 1 aliphatic rings. The summed E-state index contributed by atoms with van der Waals surface area (Å²) in [6, 6.07) is 12.7. The van der Waals surface area contributed by atoms with Crippen LogP contribution in [0.15, 0.2) is 48.5 Å². The number of carbonyl (C=O) groups excluding carboxylic acids is 1. The molecular formula is C21H25F2N3O. The van der Waals surface area contributed by atoms with Gasteiger partial charge in [-0.15, -0.1) is 0 Å². The van der Waals surface area contributed by atoms with E-state index < -0.39 is 0 Å². The van der Waals surface area contributed by atoms with Gasteiger partial charge in [0.05, 0.1) is 0 Å². The Morgan fingerprint density at radius 1 is 0.889 bits per heavy atom. The first-order chi connectivity index (χ1) is 13.0. The molecule has 0 atom stereocenters. The molecule has 0 radical (unpaired) electrons. The molecule has 144 valence electrons. The molecule has 27 heavy (non-hydrogen) atoms. The third kappa shape index (κ3) is 5.26. The lowest BCUT2D eigenvalue weighted by atomic mass is 9.87. The van der Waals surface area contributed by atoms with Crippen molar-refractivity contribution in [3.05, 3.63) is 71.3 Å². The average Bonchev–Trinajstić information content (AvgIpc) is 2.67. The van der Waals surface area contributed by atoms with Gasteiger partial charge in [0.25, 0.3) is 0 Å². The number of carbonyl (C=O) groups is 1. The van der Waals surface area contributed by atoms with Crippen LogP contribution in [0.1, 0.15) is 29.9 Å². The van der Waals surface area contributed by atoms with Gasteiger partial charge in [0.1, 0.15) is 11.6 Å². The van der Waals surface area contributed by atoms with Crippen LogP contribution in [0.25, 0.3) is 0 Å². The van der Waals surface area contributed by atoms with Gasteiger partial charge in [-0.25, -0.2) is 13.6 Å². The summed E-state index contributed by atoms with van der Waals surface area (Å²) in [6.45, 7) is 3.89.